The second kappa shape index (κ2) is 6.89. The maximum Gasteiger partial charge on any atom is 0.228 e. The Kier molecular flexibility index (Phi) is 4.70. The molecule has 22 heavy (non-hydrogen) atoms. The predicted octanol–water partition coefficient (Wildman–Crippen LogP) is 2.90. The van der Waals surface area contributed by atoms with E-state index in [1.807, 2.05) is 23.6 Å². The van der Waals surface area contributed by atoms with Gasteiger partial charge in [-0.15, -0.1) is 11.3 Å². The van der Waals surface area contributed by atoms with Crippen LogP contribution in [0.3, 0.4) is 0 Å². The summed E-state index contributed by atoms with van der Waals surface area (Å²) in [6, 6.07) is 5.84. The third kappa shape index (κ3) is 3.28. The summed E-state index contributed by atoms with van der Waals surface area (Å²) in [5, 5.41) is 18.6. The van der Waals surface area contributed by atoms with E-state index in [-0.39, 0.29) is 18.4 Å². The summed E-state index contributed by atoms with van der Waals surface area (Å²) in [6.07, 6.45) is 6.81. The minimum Gasteiger partial charge on any atom is -0.394 e. The first-order valence-corrected chi connectivity index (χ1v) is 8.34. The number of aliphatic hydroxyl groups is 1. The van der Waals surface area contributed by atoms with Crippen molar-refractivity contribution >= 4 is 23.1 Å². The van der Waals surface area contributed by atoms with Crippen molar-refractivity contribution in [2.45, 2.75) is 25.8 Å². The molecule has 0 spiro atoms. The lowest BCUT2D eigenvalue weighted by Gasteiger charge is -2.17. The van der Waals surface area contributed by atoms with Gasteiger partial charge in [0.05, 0.1) is 18.0 Å². The first kappa shape index (κ1) is 15.0. The van der Waals surface area contributed by atoms with Crippen LogP contribution in [0.5, 0.6) is 0 Å². The molecule has 2 heterocycles. The van der Waals surface area contributed by atoms with Gasteiger partial charge in [0.1, 0.15) is 11.5 Å². The molecule has 116 valence electrons. The number of amides is 1. The monoisotopic (exact) mass is 317 g/mol. The number of allylic oxidation sites excluding steroid dienone is 2. The maximum absolute atomic E-state index is 12.4. The Bertz CT molecular complexity index is 661. The Balaban J connectivity index is 1.79. The van der Waals surface area contributed by atoms with Crippen molar-refractivity contribution in [2.24, 2.45) is 5.92 Å². The van der Waals surface area contributed by atoms with Crippen LogP contribution in [0, 0.1) is 5.92 Å². The smallest absolute Gasteiger partial charge is 0.228 e. The summed E-state index contributed by atoms with van der Waals surface area (Å²) in [7, 11) is 0. The number of nitrogens with zero attached hydrogens (tertiary/aromatic N) is 2. The van der Waals surface area contributed by atoms with E-state index in [0.29, 0.717) is 12.4 Å². The molecule has 2 aromatic rings. The van der Waals surface area contributed by atoms with Crippen LogP contribution in [0.15, 0.2) is 35.7 Å². The molecule has 3 rings (SSSR count). The molecule has 1 atom stereocenters. The summed E-state index contributed by atoms with van der Waals surface area (Å²) >= 11 is 1.60. The van der Waals surface area contributed by atoms with Gasteiger partial charge >= 0.3 is 0 Å². The molecule has 0 bridgehead atoms. The van der Waals surface area contributed by atoms with Crippen molar-refractivity contribution in [3.05, 3.63) is 35.7 Å². The third-order valence-electron chi connectivity index (χ3n) is 3.76. The van der Waals surface area contributed by atoms with E-state index in [4.69, 9.17) is 0 Å². The largest absolute Gasteiger partial charge is 0.394 e. The Morgan fingerprint density at radius 3 is 3.09 bits per heavy atom. The maximum atomic E-state index is 12.4. The van der Waals surface area contributed by atoms with E-state index in [1.54, 1.807) is 16.0 Å². The molecule has 0 fully saturated rings. The molecule has 1 unspecified atom stereocenters. The lowest BCUT2D eigenvalue weighted by molar-refractivity contribution is -0.120. The average molecular weight is 317 g/mol. The molecule has 2 aromatic heterocycles. The molecule has 5 nitrogen and oxygen atoms in total. The molecular weight excluding hydrogens is 298 g/mol. The molecule has 0 aliphatic heterocycles. The van der Waals surface area contributed by atoms with Gasteiger partial charge in [-0.1, -0.05) is 18.2 Å². The zero-order valence-electron chi connectivity index (χ0n) is 12.2. The molecule has 0 saturated carbocycles. The van der Waals surface area contributed by atoms with Crippen molar-refractivity contribution < 1.29 is 9.90 Å². The fourth-order valence-corrected chi connectivity index (χ4v) is 3.27. The van der Waals surface area contributed by atoms with Crippen LogP contribution in [0.1, 0.15) is 19.3 Å². The Morgan fingerprint density at radius 2 is 2.41 bits per heavy atom. The summed E-state index contributed by atoms with van der Waals surface area (Å²) in [4.78, 5) is 13.4. The number of aliphatic hydroxyl groups excluding tert-OH is 1. The quantitative estimate of drug-likeness (QED) is 0.833. The number of hydrogen-bond acceptors (Lipinski definition) is 4. The van der Waals surface area contributed by atoms with Crippen LogP contribution in [0.25, 0.3) is 10.6 Å². The van der Waals surface area contributed by atoms with Gasteiger partial charge in [0.15, 0.2) is 0 Å². The normalized spacial score (nSPS) is 17.6. The lowest BCUT2D eigenvalue weighted by atomic mass is 9.94. The molecule has 1 amide bonds. The minimum atomic E-state index is -0.0133. The van der Waals surface area contributed by atoms with Crippen LogP contribution >= 0.6 is 11.3 Å². The van der Waals surface area contributed by atoms with E-state index in [2.05, 4.69) is 22.6 Å². The van der Waals surface area contributed by atoms with E-state index in [9.17, 15) is 9.90 Å². The minimum absolute atomic E-state index is 0.0133. The van der Waals surface area contributed by atoms with Gasteiger partial charge < -0.3 is 10.4 Å². The number of carbonyl (C=O) groups excluding carboxylic acids is 1. The fraction of sp³-hybridized carbons (Fsp3) is 0.375. The van der Waals surface area contributed by atoms with Gasteiger partial charge in [0, 0.05) is 12.0 Å². The third-order valence-corrected chi connectivity index (χ3v) is 4.65. The molecule has 0 aromatic carbocycles. The van der Waals surface area contributed by atoms with Gasteiger partial charge in [-0.05, 0) is 30.7 Å². The van der Waals surface area contributed by atoms with Crippen LogP contribution < -0.4 is 5.32 Å². The highest BCUT2D eigenvalue weighted by molar-refractivity contribution is 7.13. The van der Waals surface area contributed by atoms with E-state index >= 15 is 0 Å². The van der Waals surface area contributed by atoms with Crippen LogP contribution in [-0.4, -0.2) is 27.4 Å². The van der Waals surface area contributed by atoms with Crippen molar-refractivity contribution in [3.8, 4) is 10.6 Å². The van der Waals surface area contributed by atoms with E-state index in [0.717, 1.165) is 29.8 Å². The topological polar surface area (TPSA) is 67.2 Å². The van der Waals surface area contributed by atoms with Crippen molar-refractivity contribution in [1.82, 2.24) is 9.78 Å². The molecule has 1 aliphatic carbocycles. The molecular formula is C16H19N3O2S. The zero-order chi connectivity index (χ0) is 15.4. The molecule has 0 radical (unpaired) electrons. The number of aromatic nitrogens is 2. The summed E-state index contributed by atoms with van der Waals surface area (Å²) < 4.78 is 1.66. The number of carbonyl (C=O) groups is 1. The second-order valence-corrected chi connectivity index (χ2v) is 6.26. The fourth-order valence-electron chi connectivity index (χ4n) is 2.59. The Labute approximate surface area is 133 Å². The standard InChI is InChI=1S/C16H19N3O2S/c20-9-8-19-15(11-13(18-19)14-7-4-10-22-14)17-16(21)12-5-2-1-3-6-12/h1-2,4,7,10-12,20H,3,5-6,8-9H2,(H,17,21). The van der Waals surface area contributed by atoms with Gasteiger partial charge in [0.25, 0.3) is 0 Å². The lowest BCUT2D eigenvalue weighted by Crippen LogP contribution is -2.25. The Hall–Kier alpha value is -1.92. The first-order chi connectivity index (χ1) is 10.8. The van der Waals surface area contributed by atoms with Crippen LogP contribution in [-0.2, 0) is 11.3 Å². The van der Waals surface area contributed by atoms with Gasteiger partial charge in [-0.25, -0.2) is 4.68 Å². The number of rotatable bonds is 5. The molecule has 0 saturated heterocycles. The molecule has 1 aliphatic rings. The average Bonchev–Trinajstić information content (AvgIpc) is 3.19. The first-order valence-electron chi connectivity index (χ1n) is 7.46. The van der Waals surface area contributed by atoms with Gasteiger partial charge in [-0.3, -0.25) is 4.79 Å². The van der Waals surface area contributed by atoms with Crippen molar-refractivity contribution in [2.75, 3.05) is 11.9 Å². The summed E-state index contributed by atoms with van der Waals surface area (Å²) in [6.45, 7) is 0.353. The predicted molar refractivity (Wildman–Crippen MR) is 87.7 cm³/mol. The zero-order valence-corrected chi connectivity index (χ0v) is 13.1. The Morgan fingerprint density at radius 1 is 1.50 bits per heavy atom. The SMILES string of the molecule is O=C(Nc1cc(-c2cccs2)nn1CCO)C1CC=CCC1. The van der Waals surface area contributed by atoms with Gasteiger partial charge in [0.2, 0.25) is 5.91 Å². The van der Waals surface area contributed by atoms with Crippen LogP contribution in [0.4, 0.5) is 5.82 Å². The summed E-state index contributed by atoms with van der Waals surface area (Å²) in [5.74, 6) is 0.700. The second-order valence-electron chi connectivity index (χ2n) is 5.31. The highest BCUT2D eigenvalue weighted by Gasteiger charge is 2.20. The molecule has 6 heteroatoms. The molecule has 2 N–H and O–H groups in total. The summed E-state index contributed by atoms with van der Waals surface area (Å²) in [5.41, 5.74) is 0.822. The van der Waals surface area contributed by atoms with E-state index < -0.39 is 0 Å². The van der Waals surface area contributed by atoms with E-state index in [1.165, 1.54) is 0 Å². The number of nitrogens with one attached hydrogen (secondary N) is 1. The highest BCUT2D eigenvalue weighted by Crippen LogP contribution is 2.27. The van der Waals surface area contributed by atoms with Crippen molar-refractivity contribution in [1.29, 1.82) is 0 Å². The van der Waals surface area contributed by atoms with Gasteiger partial charge in [-0.2, -0.15) is 5.10 Å². The highest BCUT2D eigenvalue weighted by atomic mass is 32.1. The number of hydrogen-bond donors (Lipinski definition) is 2. The number of thiophene rings is 1. The number of anilines is 1. The van der Waals surface area contributed by atoms with Crippen molar-refractivity contribution in [3.63, 3.8) is 0 Å². The van der Waals surface area contributed by atoms with Crippen LogP contribution in [0.2, 0.25) is 0 Å².